The first-order valence-electron chi connectivity index (χ1n) is 6.75. The Bertz CT molecular complexity index is 702. The van der Waals surface area contributed by atoms with Crippen LogP contribution in [-0.4, -0.2) is 13.1 Å². The molecule has 2 aromatic carbocycles. The van der Waals surface area contributed by atoms with Gasteiger partial charge in [-0.25, -0.2) is 0 Å². The molecule has 0 radical (unpaired) electrons. The lowest BCUT2D eigenvalue weighted by Gasteiger charge is -2.22. The van der Waals surface area contributed by atoms with Crippen molar-refractivity contribution in [3.63, 3.8) is 0 Å². The Balaban J connectivity index is 2.10. The van der Waals surface area contributed by atoms with Crippen molar-refractivity contribution in [2.45, 2.75) is 26.7 Å². The highest BCUT2D eigenvalue weighted by Gasteiger charge is 2.28. The van der Waals surface area contributed by atoms with Gasteiger partial charge in [0.1, 0.15) is 5.69 Å². The molecule has 0 saturated carbocycles. The molecule has 1 aliphatic heterocycles. The van der Waals surface area contributed by atoms with Gasteiger partial charge in [0.25, 0.3) is 0 Å². The summed E-state index contributed by atoms with van der Waals surface area (Å²) in [4.78, 5) is 25.8. The van der Waals surface area contributed by atoms with Gasteiger partial charge in [-0.1, -0.05) is 18.2 Å². The van der Waals surface area contributed by atoms with Gasteiger partial charge in [0.15, 0.2) is 0 Å². The topological polar surface area (TPSA) is 37.4 Å². The average Bonchev–Trinajstić information content (AvgIpc) is 2.91. The highest BCUT2D eigenvalue weighted by molar-refractivity contribution is 5.83. The van der Waals surface area contributed by atoms with Crippen LogP contribution in [0.4, 0.5) is 5.69 Å². The van der Waals surface area contributed by atoms with Crippen molar-refractivity contribution in [2.24, 2.45) is 0 Å². The summed E-state index contributed by atoms with van der Waals surface area (Å²) in [5.41, 5.74) is 3.86. The van der Waals surface area contributed by atoms with E-state index in [1.807, 2.05) is 32.0 Å². The summed E-state index contributed by atoms with van der Waals surface area (Å²) in [5, 5.41) is 0. The first-order valence-corrected chi connectivity index (χ1v) is 6.75. The Hall–Kier alpha value is -1.90. The van der Waals surface area contributed by atoms with Crippen molar-refractivity contribution in [3.05, 3.63) is 49.8 Å². The molecule has 0 aliphatic carbocycles. The molecule has 0 N–H and O–H groups in total. The number of hydrogen-bond donors (Lipinski definition) is 0. The summed E-state index contributed by atoms with van der Waals surface area (Å²) >= 11 is 0. The molecule has 19 heavy (non-hydrogen) atoms. The second-order valence-corrected chi connectivity index (χ2v) is 5.38. The van der Waals surface area contributed by atoms with E-state index in [1.54, 1.807) is 0 Å². The Morgan fingerprint density at radius 2 is 1.63 bits per heavy atom. The van der Waals surface area contributed by atoms with E-state index in [-0.39, 0.29) is 10.9 Å². The first kappa shape index (κ1) is 12.2. The lowest BCUT2D eigenvalue weighted by molar-refractivity contribution is 0.949. The normalized spacial score (nSPS) is 15.4. The number of hydrogen-bond acceptors (Lipinski definition) is 3. The van der Waals surface area contributed by atoms with Crippen molar-refractivity contribution in [2.75, 3.05) is 18.0 Å². The number of anilines is 1. The fourth-order valence-corrected chi connectivity index (χ4v) is 2.79. The third-order valence-corrected chi connectivity index (χ3v) is 4.10. The zero-order valence-electron chi connectivity index (χ0n) is 11.3. The van der Waals surface area contributed by atoms with Crippen LogP contribution >= 0.6 is 0 Å². The standard InChI is InChI=1S/C16H17NO2/c1-10-5-6-12(9-11(10)2)13-14(16(19)15(13)18)17-7-3-4-8-17/h5-6,9H,3-4,7-8H2,1-2H3. The van der Waals surface area contributed by atoms with Crippen LogP contribution in [0.25, 0.3) is 11.1 Å². The molecule has 3 nitrogen and oxygen atoms in total. The van der Waals surface area contributed by atoms with E-state index in [1.165, 1.54) is 5.56 Å². The van der Waals surface area contributed by atoms with Gasteiger partial charge in [0.05, 0.1) is 5.56 Å². The number of rotatable bonds is 2. The Kier molecular flexibility index (Phi) is 2.77. The van der Waals surface area contributed by atoms with E-state index in [0.717, 1.165) is 37.1 Å². The summed E-state index contributed by atoms with van der Waals surface area (Å²) in [7, 11) is 0. The second-order valence-electron chi connectivity index (χ2n) is 5.38. The van der Waals surface area contributed by atoms with Crippen LogP contribution in [0.1, 0.15) is 24.0 Å². The van der Waals surface area contributed by atoms with Gasteiger partial charge in [0.2, 0.25) is 10.9 Å². The lowest BCUT2D eigenvalue weighted by Crippen LogP contribution is -2.41. The third-order valence-electron chi connectivity index (χ3n) is 4.10. The minimum Gasteiger partial charge on any atom is -0.368 e. The zero-order valence-corrected chi connectivity index (χ0v) is 11.3. The fourth-order valence-electron chi connectivity index (χ4n) is 2.79. The van der Waals surface area contributed by atoms with E-state index >= 15 is 0 Å². The lowest BCUT2D eigenvalue weighted by atomic mass is 9.95. The highest BCUT2D eigenvalue weighted by Crippen LogP contribution is 2.30. The summed E-state index contributed by atoms with van der Waals surface area (Å²) in [6.45, 7) is 5.86. The van der Waals surface area contributed by atoms with Crippen molar-refractivity contribution in [3.8, 4) is 11.1 Å². The molecule has 3 rings (SSSR count). The molecule has 3 heteroatoms. The number of nitrogens with zero attached hydrogens (tertiary/aromatic N) is 1. The maximum absolute atomic E-state index is 11.9. The van der Waals surface area contributed by atoms with E-state index in [9.17, 15) is 9.59 Å². The van der Waals surface area contributed by atoms with Crippen molar-refractivity contribution < 1.29 is 0 Å². The van der Waals surface area contributed by atoms with Crippen LogP contribution in [0.15, 0.2) is 27.8 Å². The summed E-state index contributed by atoms with van der Waals surface area (Å²) in [6, 6.07) is 5.96. The van der Waals surface area contributed by atoms with Crippen molar-refractivity contribution >= 4 is 5.69 Å². The van der Waals surface area contributed by atoms with Gasteiger partial charge in [-0.05, 0) is 43.4 Å². The van der Waals surface area contributed by atoms with Crippen molar-refractivity contribution in [1.82, 2.24) is 0 Å². The van der Waals surface area contributed by atoms with Crippen LogP contribution in [0.3, 0.4) is 0 Å². The number of benzene rings is 1. The predicted octanol–water partition coefficient (Wildman–Crippen LogP) is 2.17. The van der Waals surface area contributed by atoms with Crippen LogP contribution in [0, 0.1) is 13.8 Å². The molecule has 98 valence electrons. The highest BCUT2D eigenvalue weighted by atomic mass is 16.2. The van der Waals surface area contributed by atoms with Gasteiger partial charge in [0, 0.05) is 13.1 Å². The molecule has 1 heterocycles. The average molecular weight is 255 g/mol. The van der Waals surface area contributed by atoms with Gasteiger partial charge in [-0.2, -0.15) is 0 Å². The minimum atomic E-state index is -0.329. The van der Waals surface area contributed by atoms with E-state index in [2.05, 4.69) is 4.90 Å². The monoisotopic (exact) mass is 255 g/mol. The molecule has 0 amide bonds. The Labute approximate surface area is 112 Å². The largest absolute Gasteiger partial charge is 0.368 e. The maximum Gasteiger partial charge on any atom is 0.250 e. The molecule has 0 unspecified atom stereocenters. The summed E-state index contributed by atoms with van der Waals surface area (Å²) in [5.74, 6) is 0. The van der Waals surface area contributed by atoms with Crippen molar-refractivity contribution in [1.29, 1.82) is 0 Å². The number of aryl methyl sites for hydroxylation is 2. The van der Waals surface area contributed by atoms with Gasteiger partial charge < -0.3 is 4.90 Å². The van der Waals surface area contributed by atoms with E-state index in [0.29, 0.717) is 11.3 Å². The first-order chi connectivity index (χ1) is 9.09. The molecule has 1 fully saturated rings. The zero-order chi connectivity index (χ0) is 13.6. The molecule has 1 aliphatic rings. The predicted molar refractivity (Wildman–Crippen MR) is 77.7 cm³/mol. The van der Waals surface area contributed by atoms with E-state index in [4.69, 9.17) is 0 Å². The molecule has 0 aromatic heterocycles. The van der Waals surface area contributed by atoms with Crippen LogP contribution in [-0.2, 0) is 0 Å². The Morgan fingerprint density at radius 3 is 2.26 bits per heavy atom. The molecule has 0 spiro atoms. The van der Waals surface area contributed by atoms with Gasteiger partial charge in [-0.3, -0.25) is 9.59 Å². The fraction of sp³-hybridized carbons (Fsp3) is 0.375. The molecule has 0 bridgehead atoms. The van der Waals surface area contributed by atoms with Gasteiger partial charge >= 0.3 is 0 Å². The van der Waals surface area contributed by atoms with Crippen LogP contribution < -0.4 is 15.8 Å². The third kappa shape index (κ3) is 1.81. The van der Waals surface area contributed by atoms with E-state index < -0.39 is 0 Å². The summed E-state index contributed by atoms with van der Waals surface area (Å²) < 4.78 is 0. The van der Waals surface area contributed by atoms with Gasteiger partial charge in [-0.15, -0.1) is 0 Å². The molecular weight excluding hydrogens is 238 g/mol. The Morgan fingerprint density at radius 1 is 0.947 bits per heavy atom. The van der Waals surface area contributed by atoms with Crippen LogP contribution in [0.5, 0.6) is 0 Å². The molecule has 2 aromatic rings. The second kappa shape index (κ2) is 4.34. The van der Waals surface area contributed by atoms with Crippen LogP contribution in [0.2, 0.25) is 0 Å². The minimum absolute atomic E-state index is 0.310. The maximum atomic E-state index is 11.9. The molecular formula is C16H17NO2. The SMILES string of the molecule is Cc1ccc(-c2c(N3CCCC3)c(=O)c2=O)cc1C. The summed E-state index contributed by atoms with van der Waals surface area (Å²) in [6.07, 6.45) is 2.20. The molecule has 1 saturated heterocycles. The smallest absolute Gasteiger partial charge is 0.250 e. The quantitative estimate of drug-likeness (QED) is 0.772. The molecule has 0 atom stereocenters.